The standard InChI is InChI=1S/C66H70Br2O4/c67-49-21-11-7-3-1-5-9-13-23-51-71-65(69)61-45-37-55(38-46-61)31-29-53-33-41-59(42-34-53)63(57-25-17-15-18-26-57)64(58-27-19-16-20-28-58)60-43-35-54(36-44-60)30-32-56-39-47-62(48-40-56)66(70)72-52-24-14-10-6-2-4-8-12-22-50-68/h15-20,25-28,33-48H,1-14,21-24,49-52H2. The summed E-state index contributed by atoms with van der Waals surface area (Å²) in [5.74, 6) is 12.6. The molecule has 4 nitrogen and oxygen atoms in total. The summed E-state index contributed by atoms with van der Waals surface area (Å²) in [5, 5.41) is 2.21. The van der Waals surface area contributed by atoms with E-state index in [9.17, 15) is 9.59 Å². The molecule has 6 heteroatoms. The molecule has 0 unspecified atom stereocenters. The Morgan fingerprint density at radius 1 is 0.292 bits per heavy atom. The second-order valence-electron chi connectivity index (χ2n) is 18.3. The Kier molecular flexibility index (Phi) is 25.3. The first kappa shape index (κ1) is 55.4. The molecule has 0 aliphatic rings. The Morgan fingerprint density at radius 3 is 0.806 bits per heavy atom. The quantitative estimate of drug-likeness (QED) is 0.0162. The van der Waals surface area contributed by atoms with Crippen LogP contribution in [0.15, 0.2) is 158 Å². The monoisotopic (exact) mass is 1080 g/mol. The van der Waals surface area contributed by atoms with Crippen LogP contribution in [-0.4, -0.2) is 35.8 Å². The predicted octanol–water partition coefficient (Wildman–Crippen LogP) is 17.6. The van der Waals surface area contributed by atoms with Crippen LogP contribution in [-0.2, 0) is 9.47 Å². The van der Waals surface area contributed by atoms with E-state index in [2.05, 4.69) is 153 Å². The highest BCUT2D eigenvalue weighted by molar-refractivity contribution is 9.09. The van der Waals surface area contributed by atoms with E-state index in [0.717, 1.165) is 92.0 Å². The van der Waals surface area contributed by atoms with Gasteiger partial charge in [-0.15, -0.1) is 0 Å². The number of halogens is 2. The van der Waals surface area contributed by atoms with E-state index >= 15 is 0 Å². The van der Waals surface area contributed by atoms with Gasteiger partial charge in [-0.2, -0.15) is 0 Å². The Labute approximate surface area is 447 Å². The zero-order chi connectivity index (χ0) is 50.3. The second kappa shape index (κ2) is 32.9. The van der Waals surface area contributed by atoms with Crippen LogP contribution in [0.2, 0.25) is 0 Å². The number of hydrogen-bond acceptors (Lipinski definition) is 4. The van der Waals surface area contributed by atoms with Crippen molar-refractivity contribution in [2.24, 2.45) is 0 Å². The van der Waals surface area contributed by atoms with Crippen molar-refractivity contribution in [1.82, 2.24) is 0 Å². The van der Waals surface area contributed by atoms with Crippen LogP contribution in [0.5, 0.6) is 0 Å². The van der Waals surface area contributed by atoms with Crippen LogP contribution >= 0.6 is 31.9 Å². The van der Waals surface area contributed by atoms with Gasteiger partial charge in [0, 0.05) is 32.9 Å². The number of esters is 2. The van der Waals surface area contributed by atoms with Crippen molar-refractivity contribution in [2.45, 2.75) is 116 Å². The average molecular weight is 1090 g/mol. The van der Waals surface area contributed by atoms with E-state index in [4.69, 9.17) is 9.47 Å². The Morgan fingerprint density at radius 2 is 0.528 bits per heavy atom. The van der Waals surface area contributed by atoms with Gasteiger partial charge in [-0.3, -0.25) is 0 Å². The van der Waals surface area contributed by atoms with Gasteiger partial charge in [-0.25, -0.2) is 9.59 Å². The third-order valence-corrected chi connectivity index (χ3v) is 13.8. The lowest BCUT2D eigenvalue weighted by Crippen LogP contribution is -2.06. The van der Waals surface area contributed by atoms with E-state index in [0.29, 0.717) is 24.3 Å². The highest BCUT2D eigenvalue weighted by atomic mass is 79.9. The number of carbonyl (C=O) groups excluding carboxylic acids is 2. The highest BCUT2D eigenvalue weighted by Gasteiger charge is 2.17. The fourth-order valence-corrected chi connectivity index (χ4v) is 9.39. The minimum absolute atomic E-state index is 0.286. The van der Waals surface area contributed by atoms with Gasteiger partial charge >= 0.3 is 11.9 Å². The zero-order valence-corrected chi connectivity index (χ0v) is 45.1. The molecule has 372 valence electrons. The highest BCUT2D eigenvalue weighted by Crippen LogP contribution is 2.37. The lowest BCUT2D eigenvalue weighted by Gasteiger charge is -2.18. The molecular formula is C66H70Br2O4. The molecule has 0 amide bonds. The molecule has 0 heterocycles. The number of carbonyl (C=O) groups is 2. The zero-order valence-electron chi connectivity index (χ0n) is 42.0. The van der Waals surface area contributed by atoms with Crippen LogP contribution in [0.4, 0.5) is 0 Å². The third kappa shape index (κ3) is 19.6. The van der Waals surface area contributed by atoms with Crippen molar-refractivity contribution >= 4 is 54.9 Å². The molecule has 72 heavy (non-hydrogen) atoms. The van der Waals surface area contributed by atoms with Gasteiger partial charge in [0.1, 0.15) is 0 Å². The topological polar surface area (TPSA) is 52.6 Å². The minimum atomic E-state index is -0.286. The number of rotatable bonds is 28. The number of unbranched alkanes of at least 4 members (excludes halogenated alkanes) is 16. The molecule has 0 saturated carbocycles. The molecule has 0 fully saturated rings. The average Bonchev–Trinajstić information content (AvgIpc) is 3.43. The van der Waals surface area contributed by atoms with Gasteiger partial charge in [0.05, 0.1) is 24.3 Å². The van der Waals surface area contributed by atoms with E-state index < -0.39 is 0 Å². The largest absolute Gasteiger partial charge is 0.462 e. The summed E-state index contributed by atoms with van der Waals surface area (Å²) in [4.78, 5) is 25.4. The summed E-state index contributed by atoms with van der Waals surface area (Å²) < 4.78 is 11.1. The van der Waals surface area contributed by atoms with Gasteiger partial charge in [-0.1, -0.05) is 230 Å². The molecule has 0 atom stereocenters. The lowest BCUT2D eigenvalue weighted by molar-refractivity contribution is 0.0488. The fourth-order valence-electron chi connectivity index (χ4n) is 8.59. The molecule has 0 bridgehead atoms. The SMILES string of the molecule is O=C(OCCCCCCCCCCCBr)c1ccc(C#Cc2ccc(C(=C(c3ccccc3)c3ccc(C#Cc4ccc(C(=O)OCCCCCCCCCCCBr)cc4)cc3)c3ccccc3)cc2)cc1. The van der Waals surface area contributed by atoms with Gasteiger partial charge in [0.2, 0.25) is 0 Å². The summed E-state index contributed by atoms with van der Waals surface area (Å²) in [7, 11) is 0. The van der Waals surface area contributed by atoms with E-state index in [-0.39, 0.29) is 11.9 Å². The third-order valence-electron chi connectivity index (χ3n) is 12.7. The maximum absolute atomic E-state index is 12.7. The van der Waals surface area contributed by atoms with Crippen LogP contribution < -0.4 is 0 Å². The fraction of sp³-hybridized carbons (Fsp3) is 0.333. The smallest absolute Gasteiger partial charge is 0.338 e. The maximum atomic E-state index is 12.7. The van der Waals surface area contributed by atoms with Crippen molar-refractivity contribution in [3.8, 4) is 23.7 Å². The molecule has 0 radical (unpaired) electrons. The molecule has 0 spiro atoms. The first-order chi connectivity index (χ1) is 35.5. The van der Waals surface area contributed by atoms with E-state index in [1.165, 1.54) is 89.9 Å². The Bertz CT molecular complexity index is 2480. The Hall–Kier alpha value is -5.92. The van der Waals surface area contributed by atoms with Crippen molar-refractivity contribution in [2.75, 3.05) is 23.9 Å². The van der Waals surface area contributed by atoms with Crippen molar-refractivity contribution in [3.63, 3.8) is 0 Å². The predicted molar refractivity (Wildman–Crippen MR) is 307 cm³/mol. The molecule has 0 aliphatic carbocycles. The molecular weight excluding hydrogens is 1020 g/mol. The normalized spacial score (nSPS) is 11.1. The van der Waals surface area contributed by atoms with Gasteiger partial charge in [0.15, 0.2) is 0 Å². The maximum Gasteiger partial charge on any atom is 0.338 e. The molecule has 0 aliphatic heterocycles. The van der Waals surface area contributed by atoms with Crippen molar-refractivity contribution in [3.05, 3.63) is 213 Å². The van der Waals surface area contributed by atoms with Gasteiger partial charge < -0.3 is 9.47 Å². The molecule has 6 aromatic rings. The molecule has 6 rings (SSSR count). The Balaban J connectivity index is 1.07. The number of alkyl halides is 2. The van der Waals surface area contributed by atoms with Crippen LogP contribution in [0.1, 0.15) is 181 Å². The second-order valence-corrected chi connectivity index (χ2v) is 19.9. The first-order valence-electron chi connectivity index (χ1n) is 26.3. The number of hydrogen-bond donors (Lipinski definition) is 0. The lowest BCUT2D eigenvalue weighted by atomic mass is 9.85. The molecule has 0 N–H and O–H groups in total. The van der Waals surface area contributed by atoms with E-state index in [1.807, 2.05) is 36.4 Å². The van der Waals surface area contributed by atoms with Crippen LogP contribution in [0, 0.1) is 23.7 Å². The van der Waals surface area contributed by atoms with Crippen molar-refractivity contribution in [1.29, 1.82) is 0 Å². The summed E-state index contributed by atoms with van der Waals surface area (Å²) >= 11 is 7.00. The summed E-state index contributed by atoms with van der Waals surface area (Å²) in [6, 6.07) is 52.6. The number of ether oxygens (including phenoxy) is 2. The summed E-state index contributed by atoms with van der Waals surface area (Å²) in [6.07, 6.45) is 21.9. The van der Waals surface area contributed by atoms with Gasteiger partial charge in [-0.05, 0) is 132 Å². The van der Waals surface area contributed by atoms with Crippen molar-refractivity contribution < 1.29 is 19.1 Å². The van der Waals surface area contributed by atoms with Crippen LogP contribution in [0.25, 0.3) is 11.1 Å². The number of benzene rings is 6. The first-order valence-corrected chi connectivity index (χ1v) is 28.5. The minimum Gasteiger partial charge on any atom is -0.462 e. The summed E-state index contributed by atoms with van der Waals surface area (Å²) in [6.45, 7) is 0.908. The molecule has 0 aromatic heterocycles. The van der Waals surface area contributed by atoms with Gasteiger partial charge in [0.25, 0.3) is 0 Å². The molecule has 0 saturated heterocycles. The van der Waals surface area contributed by atoms with Crippen LogP contribution in [0.3, 0.4) is 0 Å². The summed E-state index contributed by atoms with van der Waals surface area (Å²) in [5.41, 5.74) is 11.1. The molecule has 6 aromatic carbocycles. The van der Waals surface area contributed by atoms with E-state index in [1.54, 1.807) is 24.3 Å².